The van der Waals surface area contributed by atoms with E-state index in [1.807, 2.05) is 6.07 Å². The number of carbonyl (C=O) groups excluding carboxylic acids is 2. The van der Waals surface area contributed by atoms with E-state index in [-0.39, 0.29) is 24.3 Å². The number of fused-ring (bicyclic) bond motifs is 1. The second-order valence-corrected chi connectivity index (χ2v) is 9.54. The highest BCUT2D eigenvalue weighted by Gasteiger charge is 2.24. The van der Waals surface area contributed by atoms with Crippen molar-refractivity contribution < 1.29 is 9.59 Å². The summed E-state index contributed by atoms with van der Waals surface area (Å²) in [6.45, 7) is 5.04. The Morgan fingerprint density at radius 2 is 1.84 bits per heavy atom. The average Bonchev–Trinajstić information content (AvgIpc) is 2.91. The first-order valence-corrected chi connectivity index (χ1v) is 13.0. The van der Waals surface area contributed by atoms with E-state index in [0.717, 1.165) is 18.4 Å². The van der Waals surface area contributed by atoms with Crippen molar-refractivity contribution in [1.29, 1.82) is 0 Å². The topological polar surface area (TPSA) is 84.3 Å². The van der Waals surface area contributed by atoms with E-state index < -0.39 is 6.04 Å². The fourth-order valence-electron chi connectivity index (χ4n) is 4.97. The zero-order valence-electron chi connectivity index (χ0n) is 21.6. The molecule has 7 heteroatoms. The number of likely N-dealkylation sites (tertiary alicyclic amines) is 1. The predicted molar refractivity (Wildman–Crippen MR) is 145 cm³/mol. The van der Waals surface area contributed by atoms with Crippen LogP contribution in [0, 0.1) is 18.8 Å². The minimum Gasteiger partial charge on any atom is -0.357 e. The van der Waals surface area contributed by atoms with Crippen LogP contribution < -0.4 is 10.9 Å². The minimum absolute atomic E-state index is 0.167. The highest BCUT2D eigenvalue weighted by atomic mass is 16.2. The Balaban J connectivity index is 1.58. The van der Waals surface area contributed by atoms with Crippen molar-refractivity contribution in [2.75, 3.05) is 20.1 Å². The van der Waals surface area contributed by atoms with Gasteiger partial charge in [0.1, 0.15) is 18.2 Å². The molecule has 1 unspecified atom stereocenters. The summed E-state index contributed by atoms with van der Waals surface area (Å²) < 4.78 is 1.39. The second kappa shape index (κ2) is 12.5. The lowest BCUT2D eigenvalue weighted by Crippen LogP contribution is -2.37. The molecule has 2 heterocycles. The van der Waals surface area contributed by atoms with Crippen LogP contribution in [0.15, 0.2) is 47.3 Å². The molecule has 37 heavy (non-hydrogen) atoms. The maximum Gasteiger partial charge on any atom is 0.263 e. The van der Waals surface area contributed by atoms with Crippen LogP contribution in [0.3, 0.4) is 0 Å². The molecule has 0 radical (unpaired) electrons. The van der Waals surface area contributed by atoms with Crippen LogP contribution in [0.4, 0.5) is 0 Å². The van der Waals surface area contributed by atoms with Crippen LogP contribution in [-0.4, -0.2) is 46.8 Å². The van der Waals surface area contributed by atoms with Gasteiger partial charge in [-0.1, -0.05) is 48.6 Å². The van der Waals surface area contributed by atoms with Crippen molar-refractivity contribution in [1.82, 2.24) is 19.8 Å². The number of rotatable bonds is 8. The van der Waals surface area contributed by atoms with E-state index in [4.69, 9.17) is 0 Å². The van der Waals surface area contributed by atoms with Crippen molar-refractivity contribution in [3.8, 4) is 11.8 Å². The van der Waals surface area contributed by atoms with Crippen LogP contribution >= 0.6 is 0 Å². The molecular weight excluding hydrogens is 464 g/mol. The summed E-state index contributed by atoms with van der Waals surface area (Å²) in [5.41, 5.74) is 3.23. The van der Waals surface area contributed by atoms with E-state index >= 15 is 0 Å². The Hall–Kier alpha value is -3.76. The van der Waals surface area contributed by atoms with Crippen LogP contribution in [0.5, 0.6) is 0 Å². The number of piperidine rings is 1. The molecule has 0 aliphatic carbocycles. The zero-order valence-corrected chi connectivity index (χ0v) is 21.6. The van der Waals surface area contributed by atoms with Gasteiger partial charge in [0.25, 0.3) is 5.56 Å². The van der Waals surface area contributed by atoms with E-state index in [1.165, 1.54) is 49.5 Å². The molecule has 1 saturated heterocycles. The molecule has 192 valence electrons. The number of benzene rings is 2. The molecular formula is C30H34N4O3. The standard InChI is InChI=1S/C30H34N4O3/c1-22-32-26-12-7-11-25(28(26)30(37)34(22)27(13-8-20-35)29(36)31-2)10-6-9-23-14-16-24(17-15-23)21-33-18-4-3-5-19-33/h7,11-12,14-17,20,27H,3-5,8-9,13,18-19,21H2,1-2H3,(H,31,36). The van der Waals surface area contributed by atoms with Gasteiger partial charge < -0.3 is 10.1 Å². The maximum atomic E-state index is 13.6. The molecule has 4 rings (SSSR count). The molecule has 1 N–H and O–H groups in total. The Morgan fingerprint density at radius 3 is 2.54 bits per heavy atom. The van der Waals surface area contributed by atoms with Crippen LogP contribution in [-0.2, 0) is 22.6 Å². The lowest BCUT2D eigenvalue weighted by molar-refractivity contribution is -0.124. The Bertz CT molecular complexity index is 1380. The molecule has 7 nitrogen and oxygen atoms in total. The molecule has 1 aliphatic heterocycles. The number of hydrogen-bond donors (Lipinski definition) is 1. The Kier molecular flexibility index (Phi) is 8.86. The summed E-state index contributed by atoms with van der Waals surface area (Å²) in [7, 11) is 1.52. The number of likely N-dealkylation sites (N-methyl/N-ethyl adjacent to an activating group) is 1. The fraction of sp³-hybridized carbons (Fsp3) is 0.400. The summed E-state index contributed by atoms with van der Waals surface area (Å²) in [4.78, 5) is 44.2. The normalized spacial score (nSPS) is 14.5. The highest BCUT2D eigenvalue weighted by molar-refractivity contribution is 5.85. The van der Waals surface area contributed by atoms with E-state index in [0.29, 0.717) is 28.7 Å². The number of hydrogen-bond acceptors (Lipinski definition) is 5. The maximum absolute atomic E-state index is 13.6. The van der Waals surface area contributed by atoms with Crippen LogP contribution in [0.25, 0.3) is 10.9 Å². The van der Waals surface area contributed by atoms with Crippen molar-refractivity contribution in [3.63, 3.8) is 0 Å². The van der Waals surface area contributed by atoms with Gasteiger partial charge in [-0.05, 0) is 62.5 Å². The summed E-state index contributed by atoms with van der Waals surface area (Å²) in [6, 6.07) is 13.2. The minimum atomic E-state index is -0.816. The van der Waals surface area contributed by atoms with E-state index in [9.17, 15) is 14.4 Å². The van der Waals surface area contributed by atoms with Crippen LogP contribution in [0.1, 0.15) is 60.7 Å². The molecule has 1 amide bonds. The first-order chi connectivity index (χ1) is 18.0. The number of aldehydes is 1. The number of carbonyl (C=O) groups is 2. The van der Waals surface area contributed by atoms with Gasteiger partial charge in [0, 0.05) is 32.0 Å². The molecule has 1 aliphatic rings. The molecule has 2 aromatic carbocycles. The van der Waals surface area contributed by atoms with Crippen molar-refractivity contribution in [2.24, 2.45) is 0 Å². The van der Waals surface area contributed by atoms with Gasteiger partial charge >= 0.3 is 0 Å². The summed E-state index contributed by atoms with van der Waals surface area (Å²) in [5.74, 6) is 6.46. The van der Waals surface area contributed by atoms with Gasteiger partial charge in [0.15, 0.2) is 0 Å². The number of nitrogens with zero attached hydrogens (tertiary/aromatic N) is 3. The summed E-state index contributed by atoms with van der Waals surface area (Å²) >= 11 is 0. The second-order valence-electron chi connectivity index (χ2n) is 9.54. The van der Waals surface area contributed by atoms with Gasteiger partial charge in [0.2, 0.25) is 5.91 Å². The Morgan fingerprint density at radius 1 is 1.11 bits per heavy atom. The predicted octanol–water partition coefficient (Wildman–Crippen LogP) is 3.55. The van der Waals surface area contributed by atoms with Gasteiger partial charge in [-0.15, -0.1) is 0 Å². The molecule has 0 bridgehead atoms. The Labute approximate surface area is 217 Å². The average molecular weight is 499 g/mol. The van der Waals surface area contributed by atoms with Gasteiger partial charge in [-0.25, -0.2) is 4.98 Å². The quantitative estimate of drug-likeness (QED) is 0.379. The highest BCUT2D eigenvalue weighted by Crippen LogP contribution is 2.19. The number of amides is 1. The lowest BCUT2D eigenvalue weighted by atomic mass is 10.1. The SMILES string of the molecule is CNC(=O)C(CCC=O)n1c(C)nc2cccc(C#CCc3ccc(CN4CCCCC4)cc3)c2c1=O. The molecule has 3 aromatic rings. The van der Waals surface area contributed by atoms with Gasteiger partial charge in [0.05, 0.1) is 10.9 Å². The van der Waals surface area contributed by atoms with E-state index in [2.05, 4.69) is 51.3 Å². The van der Waals surface area contributed by atoms with Crippen LogP contribution in [0.2, 0.25) is 0 Å². The third-order valence-electron chi connectivity index (χ3n) is 6.92. The summed E-state index contributed by atoms with van der Waals surface area (Å²) in [5, 5.41) is 2.98. The third-order valence-corrected chi connectivity index (χ3v) is 6.92. The first-order valence-electron chi connectivity index (χ1n) is 13.0. The van der Waals surface area contributed by atoms with Gasteiger partial charge in [-0.3, -0.25) is 19.1 Å². The van der Waals surface area contributed by atoms with Crippen molar-refractivity contribution in [3.05, 3.63) is 75.3 Å². The zero-order chi connectivity index (χ0) is 26.2. The number of aromatic nitrogens is 2. The molecule has 0 spiro atoms. The number of aryl methyl sites for hydroxylation is 1. The third kappa shape index (κ3) is 6.33. The van der Waals surface area contributed by atoms with E-state index in [1.54, 1.807) is 19.1 Å². The molecule has 1 fully saturated rings. The monoisotopic (exact) mass is 498 g/mol. The van der Waals surface area contributed by atoms with Gasteiger partial charge in [-0.2, -0.15) is 0 Å². The molecule has 1 atom stereocenters. The summed E-state index contributed by atoms with van der Waals surface area (Å²) in [6.07, 6.45) is 5.61. The fourth-order valence-corrected chi connectivity index (χ4v) is 4.97. The van der Waals surface area contributed by atoms with Crippen molar-refractivity contribution >= 4 is 23.1 Å². The molecule has 0 saturated carbocycles. The molecule has 1 aromatic heterocycles. The smallest absolute Gasteiger partial charge is 0.263 e. The van der Waals surface area contributed by atoms with Crippen molar-refractivity contribution in [2.45, 2.75) is 58.0 Å². The number of nitrogens with one attached hydrogen (secondary N) is 1. The lowest BCUT2D eigenvalue weighted by Gasteiger charge is -2.26. The first kappa shape index (κ1) is 26.3. The largest absolute Gasteiger partial charge is 0.357 e.